The van der Waals surface area contributed by atoms with Crippen molar-refractivity contribution in [2.45, 2.75) is 64.0 Å². The Morgan fingerprint density at radius 3 is 2.27 bits per heavy atom. The molecule has 12 nitrogen and oxygen atoms in total. The molecule has 0 spiro atoms. The van der Waals surface area contributed by atoms with Gasteiger partial charge in [-0.3, -0.25) is 14.4 Å². The van der Waals surface area contributed by atoms with Crippen molar-refractivity contribution in [3.05, 3.63) is 83.4 Å². The summed E-state index contributed by atoms with van der Waals surface area (Å²) in [5, 5.41) is 26.6. The number of rotatable bonds is 11. The molecule has 2 fully saturated rings. The lowest BCUT2D eigenvalue weighted by atomic mass is 9.81. The Labute approximate surface area is 286 Å². The number of hydrogen-bond acceptors (Lipinski definition) is 8. The highest BCUT2D eigenvalue weighted by Gasteiger charge is 2.29. The first-order valence-corrected chi connectivity index (χ1v) is 17.2. The molecular weight excluding hydrogens is 618 g/mol. The highest BCUT2D eigenvalue weighted by Crippen LogP contribution is 2.29. The number of hydrogen-bond donors (Lipinski definition) is 6. The summed E-state index contributed by atoms with van der Waals surface area (Å²) in [5.74, 6) is 0.304. The van der Waals surface area contributed by atoms with Crippen LogP contribution in [0.5, 0.6) is 0 Å². The number of nitrogens with one attached hydrogen (secondary N) is 5. The van der Waals surface area contributed by atoms with Crippen LogP contribution in [0.15, 0.2) is 66.7 Å². The molecule has 1 saturated heterocycles. The smallest absolute Gasteiger partial charge is 0.251 e. The van der Waals surface area contributed by atoms with Crippen molar-refractivity contribution in [2.75, 3.05) is 25.0 Å². The van der Waals surface area contributed by atoms with Crippen LogP contribution in [0, 0.1) is 18.8 Å². The standard InChI is InChI=1S/C37H45N9O3/c1-23-18-29(21-30(19-23)36(48)40-32-14-16-39-17-15-32)26-6-2-24(3-7-26)20-33(42-35(47)28-8-4-25(22-38)5-9-28)37(49)41-31-12-10-27(11-13-31)34-43-45-46-44-34/h2-3,6-7,10-13,18-19,21,25,28,32-33,39H,4-5,8-9,14-17,20,22,38H2,1H3,(H,40,48)(H,41,49)(H,42,47)(H,43,44,45,46)/t25?,28?,33-/m0/s1. The van der Waals surface area contributed by atoms with Gasteiger partial charge in [0.05, 0.1) is 0 Å². The average molecular weight is 664 g/mol. The number of aryl methyl sites for hydroxylation is 1. The van der Waals surface area contributed by atoms with Crippen LogP contribution in [0.25, 0.3) is 22.5 Å². The summed E-state index contributed by atoms with van der Waals surface area (Å²) in [4.78, 5) is 40.2. The maximum atomic E-state index is 13.7. The molecule has 1 aliphatic carbocycles. The molecule has 1 saturated carbocycles. The quantitative estimate of drug-likeness (QED) is 0.140. The number of carbonyl (C=O) groups is 3. The molecule has 2 heterocycles. The van der Waals surface area contributed by atoms with Crippen molar-refractivity contribution < 1.29 is 14.4 Å². The van der Waals surface area contributed by atoms with E-state index in [1.807, 2.05) is 43.3 Å². The minimum atomic E-state index is -0.785. The van der Waals surface area contributed by atoms with Gasteiger partial charge in [-0.15, -0.1) is 10.2 Å². The number of nitrogens with two attached hydrogens (primary N) is 1. The maximum Gasteiger partial charge on any atom is 0.251 e. The Morgan fingerprint density at radius 1 is 0.878 bits per heavy atom. The van der Waals surface area contributed by atoms with Crippen LogP contribution in [0.2, 0.25) is 0 Å². The number of tetrazole rings is 1. The second kappa shape index (κ2) is 16.0. The summed E-state index contributed by atoms with van der Waals surface area (Å²) >= 11 is 0. The van der Waals surface area contributed by atoms with E-state index in [-0.39, 0.29) is 29.7 Å². The summed E-state index contributed by atoms with van der Waals surface area (Å²) in [5.41, 5.74) is 11.7. The summed E-state index contributed by atoms with van der Waals surface area (Å²) in [6.07, 6.45) is 5.53. The van der Waals surface area contributed by atoms with Gasteiger partial charge in [-0.1, -0.05) is 30.3 Å². The normalized spacial score (nSPS) is 18.7. The monoisotopic (exact) mass is 663 g/mol. The summed E-state index contributed by atoms with van der Waals surface area (Å²) < 4.78 is 0. The average Bonchev–Trinajstić information content (AvgIpc) is 3.67. The molecule has 6 rings (SSSR count). The van der Waals surface area contributed by atoms with Crippen LogP contribution in [0.4, 0.5) is 5.69 Å². The van der Waals surface area contributed by atoms with Crippen molar-refractivity contribution in [3.8, 4) is 22.5 Å². The molecule has 1 atom stereocenters. The van der Waals surface area contributed by atoms with E-state index in [1.165, 1.54) is 0 Å². The van der Waals surface area contributed by atoms with Gasteiger partial charge < -0.3 is 27.0 Å². The van der Waals surface area contributed by atoms with Gasteiger partial charge >= 0.3 is 0 Å². The zero-order valence-electron chi connectivity index (χ0n) is 27.9. The first kappa shape index (κ1) is 33.9. The first-order chi connectivity index (χ1) is 23.8. The summed E-state index contributed by atoms with van der Waals surface area (Å²) in [6.45, 7) is 4.45. The van der Waals surface area contributed by atoms with E-state index in [0.717, 1.165) is 79.4 Å². The van der Waals surface area contributed by atoms with Gasteiger partial charge in [-0.05, 0) is 135 Å². The third-order valence-corrected chi connectivity index (χ3v) is 9.68. The second-order valence-corrected chi connectivity index (χ2v) is 13.3. The Balaban J connectivity index is 1.16. The number of piperidine rings is 1. The summed E-state index contributed by atoms with van der Waals surface area (Å²) in [6, 6.07) is 20.4. The molecule has 4 aromatic rings. The van der Waals surface area contributed by atoms with Crippen molar-refractivity contribution in [1.82, 2.24) is 36.6 Å². The molecular formula is C37H45N9O3. The van der Waals surface area contributed by atoms with Crippen LogP contribution >= 0.6 is 0 Å². The molecule has 0 radical (unpaired) electrons. The van der Waals surface area contributed by atoms with E-state index >= 15 is 0 Å². The van der Waals surface area contributed by atoms with Gasteiger partial charge in [-0.2, -0.15) is 5.21 Å². The van der Waals surface area contributed by atoms with E-state index in [1.54, 1.807) is 24.3 Å². The van der Waals surface area contributed by atoms with Crippen molar-refractivity contribution in [2.24, 2.45) is 17.6 Å². The van der Waals surface area contributed by atoms with Crippen LogP contribution in [0.3, 0.4) is 0 Å². The first-order valence-electron chi connectivity index (χ1n) is 17.2. The van der Waals surface area contributed by atoms with Crippen molar-refractivity contribution >= 4 is 23.4 Å². The lowest BCUT2D eigenvalue weighted by Gasteiger charge is -2.28. The molecule has 0 bridgehead atoms. The van der Waals surface area contributed by atoms with E-state index < -0.39 is 6.04 Å². The summed E-state index contributed by atoms with van der Waals surface area (Å²) in [7, 11) is 0. The topological polar surface area (TPSA) is 180 Å². The predicted octanol–water partition coefficient (Wildman–Crippen LogP) is 3.76. The largest absolute Gasteiger partial charge is 0.349 e. The lowest BCUT2D eigenvalue weighted by molar-refractivity contribution is -0.130. The molecule has 49 heavy (non-hydrogen) atoms. The zero-order chi connectivity index (χ0) is 34.2. The van der Waals surface area contributed by atoms with E-state index in [9.17, 15) is 14.4 Å². The van der Waals surface area contributed by atoms with E-state index in [2.05, 4.69) is 48.0 Å². The SMILES string of the molecule is Cc1cc(C(=O)NC2CCNCC2)cc(-c2ccc(C[C@H](NC(=O)C3CCC(CN)CC3)C(=O)Nc3ccc(-c4nn[nH]n4)cc3)cc2)c1. The van der Waals surface area contributed by atoms with Gasteiger partial charge in [0.1, 0.15) is 6.04 Å². The fourth-order valence-corrected chi connectivity index (χ4v) is 6.76. The zero-order valence-corrected chi connectivity index (χ0v) is 27.9. The Morgan fingerprint density at radius 2 is 1.59 bits per heavy atom. The molecule has 3 aromatic carbocycles. The third-order valence-electron chi connectivity index (χ3n) is 9.68. The number of H-pyrrole nitrogens is 1. The van der Waals surface area contributed by atoms with E-state index in [0.29, 0.717) is 36.0 Å². The Hall–Kier alpha value is -4.94. The van der Waals surface area contributed by atoms with Gasteiger partial charge in [0.15, 0.2) is 0 Å². The number of carbonyl (C=O) groups excluding carboxylic acids is 3. The number of aromatic amines is 1. The van der Waals surface area contributed by atoms with Crippen LogP contribution in [0.1, 0.15) is 60.0 Å². The highest BCUT2D eigenvalue weighted by atomic mass is 16.2. The third kappa shape index (κ3) is 8.95. The minimum Gasteiger partial charge on any atom is -0.349 e. The Bertz CT molecular complexity index is 1710. The second-order valence-electron chi connectivity index (χ2n) is 13.3. The molecule has 3 amide bonds. The fourth-order valence-electron chi connectivity index (χ4n) is 6.76. The molecule has 2 aliphatic rings. The lowest BCUT2D eigenvalue weighted by Crippen LogP contribution is -2.48. The van der Waals surface area contributed by atoms with E-state index in [4.69, 9.17) is 5.73 Å². The van der Waals surface area contributed by atoms with Gasteiger partial charge in [-0.25, -0.2) is 0 Å². The predicted molar refractivity (Wildman–Crippen MR) is 188 cm³/mol. The highest BCUT2D eigenvalue weighted by molar-refractivity contribution is 5.98. The number of anilines is 1. The molecule has 1 aromatic heterocycles. The molecule has 12 heteroatoms. The van der Waals surface area contributed by atoms with Crippen molar-refractivity contribution in [1.29, 1.82) is 0 Å². The molecule has 0 unspecified atom stereocenters. The maximum absolute atomic E-state index is 13.7. The van der Waals surface area contributed by atoms with Gasteiger partial charge in [0.2, 0.25) is 17.6 Å². The molecule has 7 N–H and O–H groups in total. The van der Waals surface area contributed by atoms with Crippen LogP contribution < -0.4 is 27.0 Å². The Kier molecular flexibility index (Phi) is 11.1. The number of nitrogens with zero attached hydrogens (tertiary/aromatic N) is 3. The minimum absolute atomic E-state index is 0.0565. The molecule has 1 aliphatic heterocycles. The van der Waals surface area contributed by atoms with Crippen LogP contribution in [-0.2, 0) is 16.0 Å². The van der Waals surface area contributed by atoms with Crippen molar-refractivity contribution in [3.63, 3.8) is 0 Å². The van der Waals surface area contributed by atoms with Gasteiger partial charge in [0, 0.05) is 35.2 Å². The number of aromatic nitrogens is 4. The molecule has 256 valence electrons. The number of benzene rings is 3. The van der Waals surface area contributed by atoms with Gasteiger partial charge in [0.25, 0.3) is 5.91 Å². The van der Waals surface area contributed by atoms with Crippen LogP contribution in [-0.4, -0.2) is 70.1 Å². The fraction of sp³-hybridized carbons (Fsp3) is 0.405. The number of amides is 3.